The Balaban J connectivity index is 1.24. The van der Waals surface area contributed by atoms with Crippen LogP contribution in [-0.4, -0.2) is 62.9 Å². The second kappa shape index (κ2) is 8.50. The highest BCUT2D eigenvalue weighted by Gasteiger charge is 2.30. The van der Waals surface area contributed by atoms with Gasteiger partial charge in [-0.3, -0.25) is 9.59 Å². The molecule has 0 atom stereocenters. The van der Waals surface area contributed by atoms with Crippen molar-refractivity contribution in [3.63, 3.8) is 0 Å². The largest absolute Gasteiger partial charge is 0.358 e. The molecule has 3 aromatic heterocycles. The van der Waals surface area contributed by atoms with Crippen LogP contribution in [0.2, 0.25) is 0 Å². The van der Waals surface area contributed by atoms with E-state index < -0.39 is 11.7 Å². The number of aromatic amines is 1. The lowest BCUT2D eigenvalue weighted by molar-refractivity contribution is -0.126. The summed E-state index contributed by atoms with van der Waals surface area (Å²) in [6.45, 7) is 5.89. The van der Waals surface area contributed by atoms with Gasteiger partial charge in [0.25, 0.3) is 11.7 Å². The number of nitrogens with one attached hydrogen (secondary N) is 1. The molecule has 1 aliphatic heterocycles. The Morgan fingerprint density at radius 3 is 2.58 bits per heavy atom. The van der Waals surface area contributed by atoms with E-state index in [4.69, 9.17) is 4.52 Å². The molecule has 9 nitrogen and oxygen atoms in total. The van der Waals surface area contributed by atoms with E-state index in [0.29, 0.717) is 55.6 Å². The van der Waals surface area contributed by atoms with Crippen LogP contribution < -0.4 is 4.90 Å². The molecule has 0 aliphatic carbocycles. The Hall–Kier alpha value is -4.01. The van der Waals surface area contributed by atoms with Gasteiger partial charge in [-0.05, 0) is 25.1 Å². The fourth-order valence-corrected chi connectivity index (χ4v) is 4.18. The number of hydrogen-bond acceptors (Lipinski definition) is 7. The zero-order valence-electron chi connectivity index (χ0n) is 18.5. The van der Waals surface area contributed by atoms with Crippen molar-refractivity contribution >= 4 is 28.4 Å². The first kappa shape index (κ1) is 20.9. The number of ketones is 1. The number of para-hydroxylation sites is 1. The number of carbonyl (C=O) groups excluding carboxylic acids is 2. The highest BCUT2D eigenvalue weighted by molar-refractivity contribution is 6.45. The number of piperazine rings is 1. The molecule has 1 amide bonds. The summed E-state index contributed by atoms with van der Waals surface area (Å²) in [6.07, 6.45) is 2.41. The van der Waals surface area contributed by atoms with Gasteiger partial charge in [0.1, 0.15) is 5.82 Å². The Labute approximate surface area is 190 Å². The molecule has 5 rings (SSSR count). The van der Waals surface area contributed by atoms with E-state index in [9.17, 15) is 9.59 Å². The number of nitrogens with zero attached hydrogens (tertiary/aromatic N) is 5. The van der Waals surface area contributed by atoms with Gasteiger partial charge in [-0.1, -0.05) is 30.3 Å². The standard InChI is InChI=1S/C24H24N6O3/c1-3-20-27-23(28-33-20)16-8-9-19(25-14-16)29-10-12-30(13-11-29)24(32)22(31)21-15(2)26-18-7-5-4-6-17(18)21/h4-9,14,26H,3,10-13H2,1-2H3. The summed E-state index contributed by atoms with van der Waals surface area (Å²) in [4.78, 5) is 41.8. The first-order valence-corrected chi connectivity index (χ1v) is 11.0. The van der Waals surface area contributed by atoms with E-state index in [-0.39, 0.29) is 0 Å². The number of aromatic nitrogens is 4. The molecule has 0 radical (unpaired) electrons. The number of anilines is 1. The van der Waals surface area contributed by atoms with Crippen LogP contribution in [0.4, 0.5) is 5.82 Å². The fraction of sp³-hybridized carbons (Fsp3) is 0.292. The van der Waals surface area contributed by atoms with Crippen LogP contribution in [0.25, 0.3) is 22.3 Å². The van der Waals surface area contributed by atoms with E-state index in [2.05, 4.69) is 25.0 Å². The molecule has 4 aromatic rings. The van der Waals surface area contributed by atoms with Gasteiger partial charge < -0.3 is 19.3 Å². The minimum Gasteiger partial charge on any atom is -0.358 e. The predicted octanol–water partition coefficient (Wildman–Crippen LogP) is 3.02. The number of carbonyl (C=O) groups is 2. The lowest BCUT2D eigenvalue weighted by atomic mass is 10.1. The highest BCUT2D eigenvalue weighted by atomic mass is 16.5. The van der Waals surface area contributed by atoms with Crippen molar-refractivity contribution in [3.05, 3.63) is 59.7 Å². The Morgan fingerprint density at radius 1 is 1.09 bits per heavy atom. The van der Waals surface area contributed by atoms with E-state index >= 15 is 0 Å². The van der Waals surface area contributed by atoms with Crippen molar-refractivity contribution in [2.24, 2.45) is 0 Å². The summed E-state index contributed by atoms with van der Waals surface area (Å²) >= 11 is 0. The van der Waals surface area contributed by atoms with Crippen molar-refractivity contribution in [3.8, 4) is 11.4 Å². The van der Waals surface area contributed by atoms with Crippen molar-refractivity contribution < 1.29 is 14.1 Å². The summed E-state index contributed by atoms with van der Waals surface area (Å²) in [7, 11) is 0. The quantitative estimate of drug-likeness (QED) is 0.372. The summed E-state index contributed by atoms with van der Waals surface area (Å²) in [5, 5.41) is 4.75. The van der Waals surface area contributed by atoms with Gasteiger partial charge in [-0.15, -0.1) is 0 Å². The molecule has 9 heteroatoms. The van der Waals surface area contributed by atoms with E-state index in [0.717, 1.165) is 22.3 Å². The molecule has 1 fully saturated rings. The average molecular weight is 444 g/mol. The number of pyridine rings is 1. The van der Waals surface area contributed by atoms with Crippen LogP contribution in [-0.2, 0) is 11.2 Å². The number of fused-ring (bicyclic) bond motifs is 1. The molecule has 0 spiro atoms. The zero-order chi connectivity index (χ0) is 22.9. The van der Waals surface area contributed by atoms with Crippen LogP contribution in [0, 0.1) is 6.92 Å². The number of hydrogen-bond donors (Lipinski definition) is 1. The van der Waals surface area contributed by atoms with Crippen molar-refractivity contribution in [2.45, 2.75) is 20.3 Å². The zero-order valence-corrected chi connectivity index (χ0v) is 18.5. The van der Waals surface area contributed by atoms with Crippen LogP contribution in [0.3, 0.4) is 0 Å². The molecule has 33 heavy (non-hydrogen) atoms. The molecule has 1 N–H and O–H groups in total. The average Bonchev–Trinajstić information content (AvgIpc) is 3.47. The summed E-state index contributed by atoms with van der Waals surface area (Å²) in [6, 6.07) is 11.4. The predicted molar refractivity (Wildman–Crippen MR) is 123 cm³/mol. The third-order valence-corrected chi connectivity index (χ3v) is 5.98. The van der Waals surface area contributed by atoms with Crippen LogP contribution >= 0.6 is 0 Å². The van der Waals surface area contributed by atoms with Crippen LogP contribution in [0.1, 0.15) is 28.9 Å². The molecular formula is C24H24N6O3. The molecule has 1 aliphatic rings. The lowest BCUT2D eigenvalue weighted by Gasteiger charge is -2.35. The molecule has 1 saturated heterocycles. The van der Waals surface area contributed by atoms with Gasteiger partial charge in [-0.25, -0.2) is 4.98 Å². The number of amides is 1. The first-order chi connectivity index (χ1) is 16.0. The Morgan fingerprint density at radius 2 is 1.88 bits per heavy atom. The van der Waals surface area contributed by atoms with E-state index in [1.165, 1.54) is 0 Å². The van der Waals surface area contributed by atoms with Gasteiger partial charge in [0.15, 0.2) is 0 Å². The number of aryl methyl sites for hydroxylation is 2. The van der Waals surface area contributed by atoms with Gasteiger partial charge in [-0.2, -0.15) is 4.98 Å². The maximum atomic E-state index is 13.0. The number of benzene rings is 1. The third kappa shape index (κ3) is 3.86. The molecular weight excluding hydrogens is 420 g/mol. The van der Waals surface area contributed by atoms with Gasteiger partial charge in [0.05, 0.1) is 5.56 Å². The topological polar surface area (TPSA) is 108 Å². The SMILES string of the molecule is CCc1nc(-c2ccc(N3CCN(C(=O)C(=O)c4c(C)[nH]c5ccccc45)CC3)nc2)no1. The van der Waals surface area contributed by atoms with Crippen LogP contribution in [0.15, 0.2) is 47.1 Å². The van der Waals surface area contributed by atoms with Gasteiger partial charge in [0.2, 0.25) is 11.7 Å². The minimum atomic E-state index is -0.465. The van der Waals surface area contributed by atoms with E-state index in [1.54, 1.807) is 11.1 Å². The third-order valence-electron chi connectivity index (χ3n) is 5.98. The molecule has 4 heterocycles. The Kier molecular flexibility index (Phi) is 5.37. The normalized spacial score (nSPS) is 14.1. The number of H-pyrrole nitrogens is 1. The summed E-state index contributed by atoms with van der Waals surface area (Å²) in [5.74, 6) is 0.991. The van der Waals surface area contributed by atoms with Crippen LogP contribution in [0.5, 0.6) is 0 Å². The highest BCUT2D eigenvalue weighted by Crippen LogP contribution is 2.24. The maximum Gasteiger partial charge on any atom is 0.295 e. The molecule has 0 saturated carbocycles. The fourth-order valence-electron chi connectivity index (χ4n) is 4.18. The molecule has 0 unspecified atom stereocenters. The first-order valence-electron chi connectivity index (χ1n) is 11.0. The Bertz CT molecular complexity index is 1320. The van der Waals surface area contributed by atoms with Gasteiger partial charge >= 0.3 is 0 Å². The molecule has 0 bridgehead atoms. The number of Topliss-reactive ketones (excluding diaryl/α,β-unsaturated/α-hetero) is 1. The maximum absolute atomic E-state index is 13.0. The second-order valence-corrected chi connectivity index (χ2v) is 8.05. The van der Waals surface area contributed by atoms with Crippen molar-refractivity contribution in [1.82, 2.24) is 25.0 Å². The van der Waals surface area contributed by atoms with E-state index in [1.807, 2.05) is 50.2 Å². The van der Waals surface area contributed by atoms with Crippen molar-refractivity contribution in [2.75, 3.05) is 31.1 Å². The monoisotopic (exact) mass is 444 g/mol. The number of rotatable bonds is 5. The lowest BCUT2D eigenvalue weighted by Crippen LogP contribution is -2.50. The smallest absolute Gasteiger partial charge is 0.295 e. The second-order valence-electron chi connectivity index (χ2n) is 8.05. The van der Waals surface area contributed by atoms with Gasteiger partial charge in [0, 0.05) is 61.0 Å². The minimum absolute atomic E-state index is 0.458. The molecule has 1 aromatic carbocycles. The summed E-state index contributed by atoms with van der Waals surface area (Å²) in [5.41, 5.74) is 2.82. The van der Waals surface area contributed by atoms with Crippen molar-refractivity contribution in [1.29, 1.82) is 0 Å². The summed E-state index contributed by atoms with van der Waals surface area (Å²) < 4.78 is 5.16. The molecule has 168 valence electrons.